The van der Waals surface area contributed by atoms with E-state index in [0.717, 1.165) is 11.3 Å². The molecule has 0 saturated carbocycles. The topological polar surface area (TPSA) is 42.2 Å². The molecule has 2 unspecified atom stereocenters. The maximum Gasteiger partial charge on any atom is 0.155 e. The van der Waals surface area contributed by atoms with Gasteiger partial charge in [0.15, 0.2) is 5.65 Å². The molecular weight excluding hydrogens is 268 g/mol. The molecule has 0 bridgehead atoms. The fraction of sp³-hybridized carbons (Fsp3) is 0.600. The van der Waals surface area contributed by atoms with Gasteiger partial charge in [0.1, 0.15) is 0 Å². The van der Waals surface area contributed by atoms with Gasteiger partial charge in [-0.05, 0) is 46.1 Å². The number of rotatable bonds is 6. The summed E-state index contributed by atoms with van der Waals surface area (Å²) in [6.07, 6.45) is 5.31. The largest absolute Gasteiger partial charge is 0.308 e. The van der Waals surface area contributed by atoms with Crippen molar-refractivity contribution < 1.29 is 0 Å². The number of aromatic nitrogens is 3. The van der Waals surface area contributed by atoms with Gasteiger partial charge < -0.3 is 5.32 Å². The molecule has 2 aromatic heterocycles. The highest BCUT2D eigenvalue weighted by Gasteiger charge is 2.14. The molecule has 20 heavy (non-hydrogen) atoms. The van der Waals surface area contributed by atoms with Crippen molar-refractivity contribution in [2.24, 2.45) is 0 Å². The van der Waals surface area contributed by atoms with Crippen LogP contribution in [-0.4, -0.2) is 32.6 Å². The van der Waals surface area contributed by atoms with Crippen molar-refractivity contribution in [2.75, 3.05) is 12.0 Å². The second kappa shape index (κ2) is 6.59. The van der Waals surface area contributed by atoms with Gasteiger partial charge in [-0.3, -0.25) is 0 Å². The Hall–Kier alpha value is -1.07. The van der Waals surface area contributed by atoms with Crippen molar-refractivity contribution in [2.45, 2.75) is 46.2 Å². The first kappa shape index (κ1) is 15.3. The first-order valence-electron chi connectivity index (χ1n) is 7.09. The number of nitrogens with one attached hydrogen (secondary N) is 1. The molecule has 0 aliphatic rings. The third kappa shape index (κ3) is 3.33. The van der Waals surface area contributed by atoms with Gasteiger partial charge >= 0.3 is 0 Å². The summed E-state index contributed by atoms with van der Waals surface area (Å²) >= 11 is 1.89. The van der Waals surface area contributed by atoms with E-state index in [1.54, 1.807) is 0 Å². The second-order valence-electron chi connectivity index (χ2n) is 5.43. The Balaban J connectivity index is 2.17. The van der Waals surface area contributed by atoms with Crippen LogP contribution < -0.4 is 5.32 Å². The average Bonchev–Trinajstić information content (AvgIpc) is 2.78. The Bertz CT molecular complexity index is 579. The molecule has 2 rings (SSSR count). The van der Waals surface area contributed by atoms with Crippen LogP contribution in [0.15, 0.2) is 12.3 Å². The van der Waals surface area contributed by atoms with Crippen molar-refractivity contribution in [1.29, 1.82) is 0 Å². The van der Waals surface area contributed by atoms with Crippen LogP contribution >= 0.6 is 11.8 Å². The monoisotopic (exact) mass is 292 g/mol. The third-order valence-corrected chi connectivity index (χ3v) is 4.28. The predicted octanol–water partition coefficient (Wildman–Crippen LogP) is 3.14. The summed E-state index contributed by atoms with van der Waals surface area (Å²) in [4.78, 5) is 4.51. The molecule has 0 fully saturated rings. The van der Waals surface area contributed by atoms with Crippen molar-refractivity contribution in [3.8, 4) is 0 Å². The maximum atomic E-state index is 4.51. The molecule has 2 aromatic rings. The molecule has 0 aliphatic carbocycles. The van der Waals surface area contributed by atoms with Crippen LogP contribution in [0.5, 0.6) is 0 Å². The maximum absolute atomic E-state index is 4.51. The predicted molar refractivity (Wildman–Crippen MR) is 86.5 cm³/mol. The molecule has 5 heteroatoms. The van der Waals surface area contributed by atoms with Crippen molar-refractivity contribution in [1.82, 2.24) is 19.9 Å². The van der Waals surface area contributed by atoms with Crippen molar-refractivity contribution in [3.05, 3.63) is 29.2 Å². The number of hydrogen-bond acceptors (Lipinski definition) is 4. The summed E-state index contributed by atoms with van der Waals surface area (Å²) in [5, 5.41) is 8.16. The van der Waals surface area contributed by atoms with Crippen LogP contribution in [0.25, 0.3) is 5.65 Å². The Kier molecular flexibility index (Phi) is 5.05. The number of hydrogen-bond donors (Lipinski definition) is 1. The van der Waals surface area contributed by atoms with E-state index in [-0.39, 0.29) is 6.04 Å². The first-order chi connectivity index (χ1) is 9.52. The van der Waals surface area contributed by atoms with Gasteiger partial charge in [0, 0.05) is 35.6 Å². The Morgan fingerprint density at radius 3 is 2.80 bits per heavy atom. The van der Waals surface area contributed by atoms with E-state index in [1.165, 1.54) is 23.4 Å². The van der Waals surface area contributed by atoms with Gasteiger partial charge in [0.25, 0.3) is 0 Å². The van der Waals surface area contributed by atoms with Crippen LogP contribution in [0.4, 0.5) is 0 Å². The van der Waals surface area contributed by atoms with E-state index in [2.05, 4.69) is 42.4 Å². The third-order valence-electron chi connectivity index (χ3n) is 3.64. The standard InChI is InChI=1S/C15H24N4S/c1-10(6-7-20-5)17-12(3)14-9-16-15-8-11(2)18-19(15)13(14)4/h8-10,12,17H,6-7H2,1-5H3. The Labute approximate surface area is 125 Å². The quantitative estimate of drug-likeness (QED) is 0.888. The zero-order chi connectivity index (χ0) is 14.7. The summed E-state index contributed by atoms with van der Waals surface area (Å²) in [7, 11) is 0. The minimum atomic E-state index is 0.285. The van der Waals surface area contributed by atoms with Crippen LogP contribution in [0, 0.1) is 13.8 Å². The van der Waals surface area contributed by atoms with E-state index < -0.39 is 0 Å². The summed E-state index contributed by atoms with van der Waals surface area (Å²) < 4.78 is 1.94. The zero-order valence-corrected chi connectivity index (χ0v) is 13.8. The first-order valence-corrected chi connectivity index (χ1v) is 8.49. The zero-order valence-electron chi connectivity index (χ0n) is 13.0. The van der Waals surface area contributed by atoms with Gasteiger partial charge in [0.05, 0.1) is 5.69 Å². The van der Waals surface area contributed by atoms with Gasteiger partial charge in [-0.1, -0.05) is 0 Å². The van der Waals surface area contributed by atoms with Gasteiger partial charge in [0.2, 0.25) is 0 Å². The van der Waals surface area contributed by atoms with E-state index in [1.807, 2.05) is 35.5 Å². The molecule has 0 radical (unpaired) electrons. The summed E-state index contributed by atoms with van der Waals surface area (Å²) in [5.74, 6) is 1.19. The average molecular weight is 292 g/mol. The molecule has 110 valence electrons. The summed E-state index contributed by atoms with van der Waals surface area (Å²) in [6, 6.07) is 2.80. The molecule has 0 saturated heterocycles. The van der Waals surface area contributed by atoms with Gasteiger partial charge in [-0.15, -0.1) is 0 Å². The van der Waals surface area contributed by atoms with Crippen molar-refractivity contribution >= 4 is 17.4 Å². The highest BCUT2D eigenvalue weighted by atomic mass is 32.2. The lowest BCUT2D eigenvalue weighted by Crippen LogP contribution is -2.30. The fourth-order valence-electron chi connectivity index (χ4n) is 2.50. The van der Waals surface area contributed by atoms with Crippen LogP contribution in [0.1, 0.15) is 43.3 Å². The number of thioether (sulfide) groups is 1. The smallest absolute Gasteiger partial charge is 0.155 e. The second-order valence-corrected chi connectivity index (χ2v) is 6.41. The van der Waals surface area contributed by atoms with E-state index >= 15 is 0 Å². The Morgan fingerprint density at radius 1 is 1.35 bits per heavy atom. The molecule has 0 aromatic carbocycles. The highest BCUT2D eigenvalue weighted by Crippen LogP contribution is 2.19. The van der Waals surface area contributed by atoms with Crippen LogP contribution in [0.2, 0.25) is 0 Å². The highest BCUT2D eigenvalue weighted by molar-refractivity contribution is 7.98. The number of aryl methyl sites for hydroxylation is 2. The van der Waals surface area contributed by atoms with E-state index in [9.17, 15) is 0 Å². The lowest BCUT2D eigenvalue weighted by Gasteiger charge is -2.21. The minimum Gasteiger partial charge on any atom is -0.308 e. The number of fused-ring (bicyclic) bond motifs is 1. The van der Waals surface area contributed by atoms with Gasteiger partial charge in [-0.25, -0.2) is 9.50 Å². The van der Waals surface area contributed by atoms with Gasteiger partial charge in [-0.2, -0.15) is 16.9 Å². The number of nitrogens with zero attached hydrogens (tertiary/aromatic N) is 3. The molecular formula is C15H24N4S. The van der Waals surface area contributed by atoms with Crippen LogP contribution in [-0.2, 0) is 0 Å². The van der Waals surface area contributed by atoms with E-state index in [0.29, 0.717) is 6.04 Å². The summed E-state index contributed by atoms with van der Waals surface area (Å²) in [6.45, 7) is 8.55. The fourth-order valence-corrected chi connectivity index (χ4v) is 3.08. The molecule has 2 atom stereocenters. The molecule has 4 nitrogen and oxygen atoms in total. The lowest BCUT2D eigenvalue weighted by molar-refractivity contribution is 0.467. The minimum absolute atomic E-state index is 0.285. The molecule has 0 aliphatic heterocycles. The normalized spacial score (nSPS) is 14.7. The lowest BCUT2D eigenvalue weighted by atomic mass is 10.1. The SMILES string of the molecule is CSCCC(C)NC(C)c1cnc2cc(C)nn2c1C. The summed E-state index contributed by atoms with van der Waals surface area (Å²) in [5.41, 5.74) is 4.31. The van der Waals surface area contributed by atoms with E-state index in [4.69, 9.17) is 0 Å². The van der Waals surface area contributed by atoms with Crippen LogP contribution in [0.3, 0.4) is 0 Å². The van der Waals surface area contributed by atoms with Crippen molar-refractivity contribution in [3.63, 3.8) is 0 Å². The Morgan fingerprint density at radius 2 is 2.10 bits per heavy atom. The molecule has 2 heterocycles. The molecule has 0 spiro atoms. The molecule has 0 amide bonds. The molecule has 1 N–H and O–H groups in total.